The van der Waals surface area contributed by atoms with E-state index in [9.17, 15) is 9.59 Å². The molecule has 0 saturated carbocycles. The lowest BCUT2D eigenvalue weighted by Gasteiger charge is -2.22. The highest BCUT2D eigenvalue weighted by molar-refractivity contribution is 6.06. The number of anilines is 2. The molecule has 22 heavy (non-hydrogen) atoms. The van der Waals surface area contributed by atoms with Crippen LogP contribution >= 0.6 is 0 Å². The number of hydrogen-bond acceptors (Lipinski definition) is 5. The molecular weight excluding hydrogens is 284 g/mol. The van der Waals surface area contributed by atoms with Gasteiger partial charge in [0.25, 0.3) is 0 Å². The van der Waals surface area contributed by atoms with E-state index < -0.39 is 17.5 Å². The van der Waals surface area contributed by atoms with Gasteiger partial charge in [-0.05, 0) is 45.2 Å². The lowest BCUT2D eigenvalue weighted by molar-refractivity contribution is -0.161. The van der Waals surface area contributed by atoms with E-state index in [4.69, 9.17) is 15.2 Å². The quantitative estimate of drug-likeness (QED) is 0.496. The number of nitrogens with one attached hydrogen (secondary N) is 1. The minimum Gasteiger partial charge on any atom is -0.495 e. The Morgan fingerprint density at radius 1 is 1.36 bits per heavy atom. The van der Waals surface area contributed by atoms with E-state index >= 15 is 0 Å². The van der Waals surface area contributed by atoms with Crippen LogP contribution in [0.25, 0.3) is 0 Å². The zero-order valence-corrected chi connectivity index (χ0v) is 13.4. The monoisotopic (exact) mass is 306 g/mol. The molecule has 1 aromatic rings. The molecule has 0 aromatic heterocycles. The summed E-state index contributed by atoms with van der Waals surface area (Å²) in [5, 5.41) is 2.77. The molecule has 6 heteroatoms. The Labute approximate surface area is 130 Å². The lowest BCUT2D eigenvalue weighted by atomic mass is 10.00. The fraction of sp³-hybridized carbons (Fsp3) is 0.500. The van der Waals surface area contributed by atoms with Crippen LogP contribution in [0.2, 0.25) is 0 Å². The van der Waals surface area contributed by atoms with Gasteiger partial charge in [-0.3, -0.25) is 9.59 Å². The van der Waals surface area contributed by atoms with Gasteiger partial charge in [0, 0.05) is 11.8 Å². The van der Waals surface area contributed by atoms with E-state index in [2.05, 4.69) is 5.32 Å². The van der Waals surface area contributed by atoms with Gasteiger partial charge in [0.15, 0.2) is 0 Å². The Kier molecular flexibility index (Phi) is 4.30. The minimum atomic E-state index is -0.821. The fourth-order valence-electron chi connectivity index (χ4n) is 2.39. The molecule has 0 saturated heterocycles. The normalized spacial score (nSPS) is 18.0. The number of fused-ring (bicyclic) bond motifs is 1. The van der Waals surface area contributed by atoms with E-state index in [-0.39, 0.29) is 5.91 Å². The number of benzene rings is 1. The molecule has 1 atom stereocenters. The Morgan fingerprint density at radius 2 is 2.05 bits per heavy atom. The van der Waals surface area contributed by atoms with Crippen molar-refractivity contribution in [3.63, 3.8) is 0 Å². The summed E-state index contributed by atoms with van der Waals surface area (Å²) in [5.74, 6) is -1.19. The minimum absolute atomic E-state index is 0.361. The van der Waals surface area contributed by atoms with Crippen molar-refractivity contribution in [1.29, 1.82) is 0 Å². The molecule has 0 aliphatic carbocycles. The molecule has 1 aromatic carbocycles. The van der Waals surface area contributed by atoms with E-state index in [1.54, 1.807) is 32.9 Å². The Bertz CT molecular complexity index is 605. The first-order valence-electron chi connectivity index (χ1n) is 7.21. The smallest absolute Gasteiger partial charge is 0.319 e. The molecule has 3 N–H and O–H groups in total. The van der Waals surface area contributed by atoms with E-state index in [0.717, 1.165) is 5.56 Å². The summed E-state index contributed by atoms with van der Waals surface area (Å²) in [6.07, 6.45) is 0.950. The SMILES string of the molecule is COc1cc2c(cc1N)CC[C@H](C(=O)OC(C)(C)C)C(=O)N2. The predicted molar refractivity (Wildman–Crippen MR) is 83.7 cm³/mol. The van der Waals surface area contributed by atoms with Crippen molar-refractivity contribution >= 4 is 23.3 Å². The van der Waals surface area contributed by atoms with Gasteiger partial charge in [0.2, 0.25) is 5.91 Å². The van der Waals surface area contributed by atoms with Crippen molar-refractivity contribution in [3.05, 3.63) is 17.7 Å². The van der Waals surface area contributed by atoms with Crippen molar-refractivity contribution < 1.29 is 19.1 Å². The van der Waals surface area contributed by atoms with Gasteiger partial charge >= 0.3 is 5.97 Å². The van der Waals surface area contributed by atoms with Crippen LogP contribution in [0.15, 0.2) is 12.1 Å². The summed E-state index contributed by atoms with van der Waals surface area (Å²) in [4.78, 5) is 24.5. The fourth-order valence-corrected chi connectivity index (χ4v) is 2.39. The second-order valence-electron chi connectivity index (χ2n) is 6.37. The maximum atomic E-state index is 12.3. The first-order chi connectivity index (χ1) is 10.2. The number of ether oxygens (including phenoxy) is 2. The molecule has 1 aliphatic rings. The molecule has 0 bridgehead atoms. The van der Waals surface area contributed by atoms with E-state index in [0.29, 0.717) is 30.0 Å². The zero-order chi connectivity index (χ0) is 16.5. The number of rotatable bonds is 2. The van der Waals surface area contributed by atoms with Crippen molar-refractivity contribution in [3.8, 4) is 5.75 Å². The number of amides is 1. The van der Waals surface area contributed by atoms with Crippen molar-refractivity contribution in [2.24, 2.45) is 5.92 Å². The summed E-state index contributed by atoms with van der Waals surface area (Å²) >= 11 is 0. The van der Waals surface area contributed by atoms with Crippen LogP contribution in [0.1, 0.15) is 32.8 Å². The van der Waals surface area contributed by atoms with Crippen LogP contribution < -0.4 is 15.8 Å². The molecule has 0 fully saturated rings. The molecule has 0 unspecified atom stereocenters. The van der Waals surface area contributed by atoms with Crippen LogP contribution in [-0.4, -0.2) is 24.6 Å². The van der Waals surface area contributed by atoms with Gasteiger partial charge in [-0.25, -0.2) is 0 Å². The molecule has 6 nitrogen and oxygen atoms in total. The zero-order valence-electron chi connectivity index (χ0n) is 13.4. The van der Waals surface area contributed by atoms with E-state index in [1.807, 2.05) is 0 Å². The molecule has 1 amide bonds. The van der Waals surface area contributed by atoms with Crippen LogP contribution in [-0.2, 0) is 20.7 Å². The van der Waals surface area contributed by atoms with Gasteiger partial charge in [-0.15, -0.1) is 0 Å². The Hall–Kier alpha value is -2.24. The second kappa shape index (κ2) is 5.87. The maximum absolute atomic E-state index is 12.3. The summed E-state index contributed by atoms with van der Waals surface area (Å²) in [5.41, 5.74) is 7.29. The first kappa shape index (κ1) is 16.1. The number of methoxy groups -OCH3 is 1. The largest absolute Gasteiger partial charge is 0.495 e. The lowest BCUT2D eigenvalue weighted by Crippen LogP contribution is -2.35. The highest BCUT2D eigenvalue weighted by Gasteiger charge is 2.33. The average molecular weight is 306 g/mol. The summed E-state index contributed by atoms with van der Waals surface area (Å²) in [6, 6.07) is 3.45. The standard InChI is InChI=1S/C16H22N2O4/c1-16(2,3)22-15(20)10-6-5-9-7-11(17)13(21-4)8-12(9)18-14(10)19/h7-8,10H,5-6,17H2,1-4H3,(H,18,19)/t10-/m0/s1. The summed E-state index contributed by atoms with van der Waals surface area (Å²) < 4.78 is 10.5. The molecule has 120 valence electrons. The van der Waals surface area contributed by atoms with Crippen molar-refractivity contribution in [2.45, 2.75) is 39.2 Å². The molecule has 0 spiro atoms. The average Bonchev–Trinajstić information content (AvgIpc) is 2.54. The second-order valence-corrected chi connectivity index (χ2v) is 6.37. The van der Waals surface area contributed by atoms with Gasteiger partial charge in [0.1, 0.15) is 17.3 Å². The van der Waals surface area contributed by atoms with Crippen LogP contribution in [0.4, 0.5) is 11.4 Å². The number of nitrogen functional groups attached to an aromatic ring is 1. The van der Waals surface area contributed by atoms with Gasteiger partial charge < -0.3 is 20.5 Å². The van der Waals surface area contributed by atoms with Crippen LogP contribution in [0, 0.1) is 5.92 Å². The molecular formula is C16H22N2O4. The highest BCUT2D eigenvalue weighted by atomic mass is 16.6. The molecule has 2 rings (SSSR count). The third-order valence-electron chi connectivity index (χ3n) is 3.42. The molecule has 0 radical (unpaired) electrons. The number of nitrogens with two attached hydrogens (primary N) is 1. The third-order valence-corrected chi connectivity index (χ3v) is 3.42. The molecule has 1 aliphatic heterocycles. The van der Waals surface area contributed by atoms with Gasteiger partial charge in [-0.1, -0.05) is 0 Å². The predicted octanol–water partition coefficient (Wildman–Crippen LogP) is 2.12. The number of esters is 1. The molecule has 1 heterocycles. The van der Waals surface area contributed by atoms with Crippen molar-refractivity contribution in [1.82, 2.24) is 0 Å². The van der Waals surface area contributed by atoms with Gasteiger partial charge in [0.05, 0.1) is 12.8 Å². The van der Waals surface area contributed by atoms with E-state index in [1.165, 1.54) is 7.11 Å². The van der Waals surface area contributed by atoms with Crippen LogP contribution in [0.3, 0.4) is 0 Å². The number of hydrogen-bond donors (Lipinski definition) is 2. The summed E-state index contributed by atoms with van der Waals surface area (Å²) in [6.45, 7) is 5.33. The van der Waals surface area contributed by atoms with Crippen LogP contribution in [0.5, 0.6) is 5.75 Å². The Balaban J connectivity index is 2.23. The third kappa shape index (κ3) is 3.50. The highest BCUT2D eigenvalue weighted by Crippen LogP contribution is 2.33. The Morgan fingerprint density at radius 3 is 2.64 bits per heavy atom. The summed E-state index contributed by atoms with van der Waals surface area (Å²) in [7, 11) is 1.51. The maximum Gasteiger partial charge on any atom is 0.319 e. The van der Waals surface area contributed by atoms with Crippen molar-refractivity contribution in [2.75, 3.05) is 18.2 Å². The number of carbonyl (C=O) groups is 2. The number of carbonyl (C=O) groups excluding carboxylic acids is 2. The first-order valence-corrected chi connectivity index (χ1v) is 7.21. The number of aryl methyl sites for hydroxylation is 1. The topological polar surface area (TPSA) is 90.7 Å². The van der Waals surface area contributed by atoms with Gasteiger partial charge in [-0.2, -0.15) is 0 Å².